The maximum absolute atomic E-state index is 12.7. The van der Waals surface area contributed by atoms with Crippen molar-refractivity contribution in [1.29, 1.82) is 5.26 Å². The molecule has 0 saturated heterocycles. The fraction of sp³-hybridized carbons (Fsp3) is 0.222. The van der Waals surface area contributed by atoms with E-state index >= 15 is 0 Å². The van der Waals surface area contributed by atoms with Crippen molar-refractivity contribution in [3.8, 4) is 6.07 Å². The number of nitrogens with zero attached hydrogens (tertiary/aromatic N) is 2. The van der Waals surface area contributed by atoms with Crippen molar-refractivity contribution in [2.24, 2.45) is 0 Å². The molecular formula is C18H18N2O. The number of rotatable bonds is 2. The van der Waals surface area contributed by atoms with Crippen molar-refractivity contribution in [3.63, 3.8) is 0 Å². The van der Waals surface area contributed by atoms with Gasteiger partial charge in [-0.2, -0.15) is 5.26 Å². The lowest BCUT2D eigenvalue weighted by Gasteiger charge is -2.20. The van der Waals surface area contributed by atoms with Crippen LogP contribution in [0.2, 0.25) is 0 Å². The van der Waals surface area contributed by atoms with Gasteiger partial charge in [0, 0.05) is 18.3 Å². The van der Waals surface area contributed by atoms with E-state index in [0.717, 1.165) is 27.9 Å². The number of amides is 1. The lowest BCUT2D eigenvalue weighted by atomic mass is 9.98. The van der Waals surface area contributed by atoms with Crippen molar-refractivity contribution < 1.29 is 4.79 Å². The predicted octanol–water partition coefficient (Wildman–Crippen LogP) is 3.76. The largest absolute Gasteiger partial charge is 0.311 e. The topological polar surface area (TPSA) is 44.1 Å². The Labute approximate surface area is 125 Å². The molecule has 21 heavy (non-hydrogen) atoms. The maximum Gasteiger partial charge on any atom is 0.258 e. The van der Waals surface area contributed by atoms with Crippen molar-refractivity contribution >= 4 is 11.6 Å². The highest BCUT2D eigenvalue weighted by atomic mass is 16.2. The highest BCUT2D eigenvalue weighted by Crippen LogP contribution is 2.21. The average Bonchev–Trinajstić information content (AvgIpc) is 2.45. The zero-order valence-corrected chi connectivity index (χ0v) is 12.8. The van der Waals surface area contributed by atoms with Gasteiger partial charge >= 0.3 is 0 Å². The standard InChI is InChI=1S/C18H18N2O/c1-12-9-13(2)17(14(3)10-12)18(21)20(4)16-7-5-15(11-19)6-8-16/h5-10H,1-4H3. The first-order chi connectivity index (χ1) is 9.93. The Morgan fingerprint density at radius 3 is 2.05 bits per heavy atom. The molecule has 2 aromatic rings. The number of hydrogen-bond donors (Lipinski definition) is 0. The summed E-state index contributed by atoms with van der Waals surface area (Å²) in [4.78, 5) is 14.3. The molecule has 3 heteroatoms. The highest BCUT2D eigenvalue weighted by Gasteiger charge is 2.18. The quantitative estimate of drug-likeness (QED) is 0.839. The van der Waals surface area contributed by atoms with Gasteiger partial charge in [-0.05, 0) is 56.2 Å². The van der Waals surface area contributed by atoms with E-state index in [1.54, 1.807) is 36.2 Å². The molecule has 2 rings (SSSR count). The Morgan fingerprint density at radius 1 is 1.05 bits per heavy atom. The van der Waals surface area contributed by atoms with Crippen molar-refractivity contribution in [3.05, 3.63) is 64.2 Å². The number of aryl methyl sites for hydroxylation is 3. The van der Waals surface area contributed by atoms with E-state index in [2.05, 4.69) is 6.07 Å². The Balaban J connectivity index is 2.37. The van der Waals surface area contributed by atoms with Crippen LogP contribution in [0.5, 0.6) is 0 Å². The molecule has 0 fully saturated rings. The molecule has 0 aromatic heterocycles. The Morgan fingerprint density at radius 2 is 1.57 bits per heavy atom. The molecule has 0 aliphatic carbocycles. The minimum atomic E-state index is -0.0327. The summed E-state index contributed by atoms with van der Waals surface area (Å²) in [6.45, 7) is 5.94. The van der Waals surface area contributed by atoms with E-state index < -0.39 is 0 Å². The maximum atomic E-state index is 12.7. The summed E-state index contributed by atoms with van der Waals surface area (Å²) < 4.78 is 0. The Hall–Kier alpha value is -2.60. The molecule has 0 saturated carbocycles. The van der Waals surface area contributed by atoms with Gasteiger partial charge in [-0.25, -0.2) is 0 Å². The van der Waals surface area contributed by atoms with Gasteiger partial charge in [0.15, 0.2) is 0 Å². The average molecular weight is 278 g/mol. The number of nitriles is 1. The predicted molar refractivity (Wildman–Crippen MR) is 84.5 cm³/mol. The van der Waals surface area contributed by atoms with Crippen LogP contribution in [0.1, 0.15) is 32.6 Å². The normalized spacial score (nSPS) is 10.0. The number of carbonyl (C=O) groups excluding carboxylic acids is 1. The van der Waals surface area contributed by atoms with Gasteiger partial charge in [0.05, 0.1) is 11.6 Å². The summed E-state index contributed by atoms with van der Waals surface area (Å²) in [6, 6.07) is 13.1. The molecule has 0 spiro atoms. The van der Waals surface area contributed by atoms with Gasteiger partial charge < -0.3 is 4.90 Å². The molecule has 2 aromatic carbocycles. The van der Waals surface area contributed by atoms with E-state index in [9.17, 15) is 4.79 Å². The van der Waals surface area contributed by atoms with Crippen LogP contribution in [0, 0.1) is 32.1 Å². The monoisotopic (exact) mass is 278 g/mol. The fourth-order valence-corrected chi connectivity index (χ4v) is 2.56. The lowest BCUT2D eigenvalue weighted by molar-refractivity contribution is 0.0992. The SMILES string of the molecule is Cc1cc(C)c(C(=O)N(C)c2ccc(C#N)cc2)c(C)c1. The van der Waals surface area contributed by atoms with Gasteiger partial charge in [0.25, 0.3) is 5.91 Å². The van der Waals surface area contributed by atoms with Gasteiger partial charge in [0.1, 0.15) is 0 Å². The molecule has 0 atom stereocenters. The van der Waals surface area contributed by atoms with Gasteiger partial charge in [0.2, 0.25) is 0 Å². The smallest absolute Gasteiger partial charge is 0.258 e. The van der Waals surface area contributed by atoms with Gasteiger partial charge in [-0.3, -0.25) is 4.79 Å². The molecule has 0 heterocycles. The third kappa shape index (κ3) is 2.95. The molecule has 106 valence electrons. The van der Waals surface area contributed by atoms with E-state index in [4.69, 9.17) is 5.26 Å². The fourth-order valence-electron chi connectivity index (χ4n) is 2.56. The molecule has 0 bridgehead atoms. The highest BCUT2D eigenvalue weighted by molar-refractivity contribution is 6.07. The summed E-state index contributed by atoms with van der Waals surface area (Å²) in [7, 11) is 1.75. The van der Waals surface area contributed by atoms with Crippen molar-refractivity contribution in [2.45, 2.75) is 20.8 Å². The second kappa shape index (κ2) is 5.80. The summed E-state index contributed by atoms with van der Waals surface area (Å²) in [5.41, 5.74) is 5.23. The van der Waals surface area contributed by atoms with E-state index in [-0.39, 0.29) is 5.91 Å². The Kier molecular flexibility index (Phi) is 4.09. The Bertz CT molecular complexity index is 701. The summed E-state index contributed by atoms with van der Waals surface area (Å²) >= 11 is 0. The third-order valence-corrected chi connectivity index (χ3v) is 3.58. The first-order valence-electron chi connectivity index (χ1n) is 6.80. The van der Waals surface area contributed by atoms with Gasteiger partial charge in [-0.1, -0.05) is 17.7 Å². The van der Waals surface area contributed by atoms with Crippen LogP contribution in [0.25, 0.3) is 0 Å². The zero-order valence-electron chi connectivity index (χ0n) is 12.8. The summed E-state index contributed by atoms with van der Waals surface area (Å²) in [5, 5.41) is 8.82. The number of hydrogen-bond acceptors (Lipinski definition) is 2. The second-order valence-electron chi connectivity index (χ2n) is 5.30. The van der Waals surface area contributed by atoms with Crippen LogP contribution < -0.4 is 4.90 Å². The minimum Gasteiger partial charge on any atom is -0.311 e. The zero-order chi connectivity index (χ0) is 15.6. The lowest BCUT2D eigenvalue weighted by Crippen LogP contribution is -2.27. The van der Waals surface area contributed by atoms with Gasteiger partial charge in [-0.15, -0.1) is 0 Å². The van der Waals surface area contributed by atoms with Crippen LogP contribution in [-0.2, 0) is 0 Å². The molecular weight excluding hydrogens is 260 g/mol. The first-order valence-corrected chi connectivity index (χ1v) is 6.80. The van der Waals surface area contributed by atoms with Crippen LogP contribution >= 0.6 is 0 Å². The number of carbonyl (C=O) groups is 1. The van der Waals surface area contributed by atoms with E-state index in [1.165, 1.54) is 0 Å². The molecule has 0 radical (unpaired) electrons. The first kappa shape index (κ1) is 14.8. The van der Waals surface area contributed by atoms with Crippen LogP contribution in [0.15, 0.2) is 36.4 Å². The number of anilines is 1. The molecule has 0 aliphatic heterocycles. The summed E-state index contributed by atoms with van der Waals surface area (Å²) in [5.74, 6) is -0.0327. The van der Waals surface area contributed by atoms with Crippen molar-refractivity contribution in [1.82, 2.24) is 0 Å². The molecule has 1 amide bonds. The van der Waals surface area contributed by atoms with E-state index in [1.807, 2.05) is 32.9 Å². The molecule has 3 nitrogen and oxygen atoms in total. The van der Waals surface area contributed by atoms with Crippen LogP contribution in [-0.4, -0.2) is 13.0 Å². The minimum absolute atomic E-state index is 0.0327. The summed E-state index contributed by atoms with van der Waals surface area (Å²) in [6.07, 6.45) is 0. The van der Waals surface area contributed by atoms with E-state index in [0.29, 0.717) is 5.56 Å². The number of benzene rings is 2. The molecule has 0 N–H and O–H groups in total. The van der Waals surface area contributed by atoms with Crippen LogP contribution in [0.3, 0.4) is 0 Å². The van der Waals surface area contributed by atoms with Crippen LogP contribution in [0.4, 0.5) is 5.69 Å². The second-order valence-corrected chi connectivity index (χ2v) is 5.30. The molecule has 0 unspecified atom stereocenters. The molecule has 0 aliphatic rings. The third-order valence-electron chi connectivity index (χ3n) is 3.58. The van der Waals surface area contributed by atoms with Crippen molar-refractivity contribution in [2.75, 3.05) is 11.9 Å².